The average Bonchev–Trinajstić information content (AvgIpc) is 3.17. The molecule has 31 heavy (non-hydrogen) atoms. The molecule has 4 rings (SSSR count). The van der Waals surface area contributed by atoms with E-state index >= 15 is 0 Å². The minimum atomic E-state index is -0.449. The number of benzene rings is 1. The van der Waals surface area contributed by atoms with Crippen LogP contribution in [0.5, 0.6) is 0 Å². The quantitative estimate of drug-likeness (QED) is 0.574. The van der Waals surface area contributed by atoms with Crippen molar-refractivity contribution >= 4 is 34.6 Å². The van der Waals surface area contributed by atoms with Crippen LogP contribution in [-0.4, -0.2) is 11.5 Å². The molecule has 0 bridgehead atoms. The highest BCUT2D eigenvalue weighted by Gasteiger charge is 2.41. The van der Waals surface area contributed by atoms with Crippen LogP contribution in [-0.2, 0) is 11.2 Å². The van der Waals surface area contributed by atoms with Gasteiger partial charge >= 0.3 is 0 Å². The third-order valence-corrected chi connectivity index (χ3v) is 8.19. The number of ketones is 1. The molecular weight excluding hydrogens is 429 g/mol. The minimum absolute atomic E-state index is 0.0651. The average molecular weight is 454 g/mol. The lowest BCUT2D eigenvalue weighted by Gasteiger charge is -2.39. The zero-order chi connectivity index (χ0) is 22.1. The van der Waals surface area contributed by atoms with Gasteiger partial charge in [0.25, 0.3) is 0 Å². The van der Waals surface area contributed by atoms with Crippen molar-refractivity contribution in [3.05, 3.63) is 69.3 Å². The molecule has 0 amide bonds. The van der Waals surface area contributed by atoms with Crippen LogP contribution in [0, 0.1) is 17.1 Å². The number of anilines is 1. The highest BCUT2D eigenvalue weighted by Crippen LogP contribution is 2.49. The molecule has 2 heterocycles. The van der Waals surface area contributed by atoms with Crippen molar-refractivity contribution in [2.24, 2.45) is 5.73 Å². The van der Waals surface area contributed by atoms with E-state index in [0.29, 0.717) is 35.5 Å². The van der Waals surface area contributed by atoms with Crippen LogP contribution >= 0.6 is 23.1 Å². The number of allylic oxidation sites excluding steroid dienone is 3. The Kier molecular flexibility index (Phi) is 6.22. The van der Waals surface area contributed by atoms with Gasteiger partial charge in [0, 0.05) is 28.3 Å². The molecular formula is C24H24FN3OS2. The number of halogens is 1. The zero-order valence-electron chi connectivity index (χ0n) is 17.6. The first-order chi connectivity index (χ1) is 15.0. The van der Waals surface area contributed by atoms with Gasteiger partial charge in [-0.2, -0.15) is 5.26 Å². The molecule has 0 radical (unpaired) electrons. The van der Waals surface area contributed by atoms with Crippen molar-refractivity contribution in [1.29, 1.82) is 5.26 Å². The summed E-state index contributed by atoms with van der Waals surface area (Å²) in [5.74, 6) is 0.503. The van der Waals surface area contributed by atoms with Gasteiger partial charge in [-0.3, -0.25) is 9.69 Å². The van der Waals surface area contributed by atoms with Gasteiger partial charge in [0.05, 0.1) is 21.8 Å². The zero-order valence-corrected chi connectivity index (χ0v) is 19.2. The van der Waals surface area contributed by atoms with Gasteiger partial charge in [-0.1, -0.05) is 13.8 Å². The third kappa shape index (κ3) is 3.79. The summed E-state index contributed by atoms with van der Waals surface area (Å²) in [5.41, 5.74) is 10.1. The Hall–Kier alpha value is -2.56. The highest BCUT2D eigenvalue weighted by molar-refractivity contribution is 8.01. The van der Waals surface area contributed by atoms with Crippen molar-refractivity contribution in [2.45, 2.75) is 49.7 Å². The van der Waals surface area contributed by atoms with Gasteiger partial charge in [-0.25, -0.2) is 4.39 Å². The molecule has 1 aliphatic heterocycles. The number of hydrogen-bond acceptors (Lipinski definition) is 6. The molecule has 2 aromatic rings. The van der Waals surface area contributed by atoms with E-state index in [4.69, 9.17) is 5.73 Å². The first-order valence-corrected chi connectivity index (χ1v) is 12.3. The molecule has 0 saturated heterocycles. The molecule has 2 N–H and O–H groups in total. The molecule has 1 atom stereocenters. The van der Waals surface area contributed by atoms with Gasteiger partial charge < -0.3 is 5.73 Å². The van der Waals surface area contributed by atoms with Crippen LogP contribution in [0.15, 0.2) is 57.2 Å². The highest BCUT2D eigenvalue weighted by atomic mass is 32.2. The maximum absolute atomic E-state index is 13.5. The molecule has 1 aromatic heterocycles. The Morgan fingerprint density at radius 1 is 1.29 bits per heavy atom. The van der Waals surface area contributed by atoms with Crippen molar-refractivity contribution in [3.8, 4) is 6.07 Å². The van der Waals surface area contributed by atoms with Crippen LogP contribution in [0.3, 0.4) is 0 Å². The van der Waals surface area contributed by atoms with E-state index in [1.807, 2.05) is 0 Å². The van der Waals surface area contributed by atoms with E-state index in [1.54, 1.807) is 40.1 Å². The summed E-state index contributed by atoms with van der Waals surface area (Å²) in [4.78, 5) is 16.2. The van der Waals surface area contributed by atoms with Gasteiger partial charge in [0.2, 0.25) is 0 Å². The molecule has 0 spiro atoms. The van der Waals surface area contributed by atoms with Gasteiger partial charge in [-0.05, 0) is 60.9 Å². The Morgan fingerprint density at radius 3 is 2.68 bits per heavy atom. The third-order valence-electron chi connectivity index (χ3n) is 5.71. The predicted molar refractivity (Wildman–Crippen MR) is 124 cm³/mol. The maximum Gasteiger partial charge on any atom is 0.161 e. The number of hydrogen-bond donors (Lipinski definition) is 1. The molecule has 0 saturated carbocycles. The number of rotatable bonds is 5. The minimum Gasteiger partial charge on any atom is -0.384 e. The largest absolute Gasteiger partial charge is 0.384 e. The van der Waals surface area contributed by atoms with Crippen molar-refractivity contribution in [1.82, 2.24) is 0 Å². The standard InChI is InChI=1S/C24H24FN3OS2/c1-3-16-12-17(24(31-16)30-4-2)21-18(13-26)23(27)28(15-10-8-14(25)9-11-15)19-6-5-7-20(29)22(19)21/h8-12,21H,3-7,27H2,1-2H3. The van der Waals surface area contributed by atoms with E-state index in [2.05, 4.69) is 26.0 Å². The van der Waals surface area contributed by atoms with Crippen LogP contribution in [0.25, 0.3) is 0 Å². The Balaban J connectivity index is 1.96. The van der Waals surface area contributed by atoms with Crippen LogP contribution in [0.1, 0.15) is 49.5 Å². The molecule has 1 unspecified atom stereocenters. The molecule has 4 nitrogen and oxygen atoms in total. The second-order valence-corrected chi connectivity index (χ2v) is 10.2. The summed E-state index contributed by atoms with van der Waals surface area (Å²) in [7, 11) is 0. The fourth-order valence-electron chi connectivity index (χ4n) is 4.34. The number of nitrogens with two attached hydrogens (primary N) is 1. The van der Waals surface area contributed by atoms with Gasteiger partial charge in [0.1, 0.15) is 11.6 Å². The molecule has 7 heteroatoms. The normalized spacial score (nSPS) is 19.0. The molecule has 0 fully saturated rings. The number of aryl methyl sites for hydroxylation is 1. The smallest absolute Gasteiger partial charge is 0.161 e. The number of nitriles is 1. The van der Waals surface area contributed by atoms with Gasteiger partial charge in [-0.15, -0.1) is 23.1 Å². The first-order valence-electron chi connectivity index (χ1n) is 10.5. The molecule has 160 valence electrons. The number of nitrogens with zero attached hydrogens (tertiary/aromatic N) is 2. The van der Waals surface area contributed by atoms with Crippen LogP contribution in [0.2, 0.25) is 0 Å². The van der Waals surface area contributed by atoms with Gasteiger partial charge in [0.15, 0.2) is 5.78 Å². The Bertz CT molecular complexity index is 1120. The van der Waals surface area contributed by atoms with Crippen LogP contribution < -0.4 is 10.6 Å². The van der Waals surface area contributed by atoms with E-state index in [1.165, 1.54) is 17.0 Å². The lowest BCUT2D eigenvalue weighted by Crippen LogP contribution is -2.38. The molecule has 1 aliphatic carbocycles. The molecule has 2 aliphatic rings. The number of thiophene rings is 1. The molecule has 1 aromatic carbocycles. The van der Waals surface area contributed by atoms with Crippen molar-refractivity contribution in [3.63, 3.8) is 0 Å². The Morgan fingerprint density at radius 2 is 2.03 bits per heavy atom. The second kappa shape index (κ2) is 8.89. The van der Waals surface area contributed by atoms with E-state index in [0.717, 1.165) is 34.1 Å². The summed E-state index contributed by atoms with van der Waals surface area (Å²) in [6.07, 6.45) is 2.79. The number of carbonyl (C=O) groups is 1. The Labute approximate surface area is 190 Å². The number of carbonyl (C=O) groups excluding carboxylic acids is 1. The predicted octanol–water partition coefficient (Wildman–Crippen LogP) is 5.87. The second-order valence-electron chi connectivity index (χ2n) is 7.53. The lowest BCUT2D eigenvalue weighted by atomic mass is 9.76. The van der Waals surface area contributed by atoms with Crippen LogP contribution in [0.4, 0.5) is 10.1 Å². The fourth-order valence-corrected chi connectivity index (χ4v) is 6.72. The summed E-state index contributed by atoms with van der Waals surface area (Å²) in [5, 5.41) is 10.2. The monoisotopic (exact) mass is 453 g/mol. The summed E-state index contributed by atoms with van der Waals surface area (Å²) in [6.45, 7) is 4.21. The topological polar surface area (TPSA) is 70.1 Å². The maximum atomic E-state index is 13.5. The van der Waals surface area contributed by atoms with Crippen molar-refractivity contribution in [2.75, 3.05) is 10.7 Å². The summed E-state index contributed by atoms with van der Waals surface area (Å²) in [6, 6.07) is 10.5. The number of Topliss-reactive ketones (excluding diaryl/α,β-unsaturated/α-hetero) is 1. The first kappa shape index (κ1) is 21.7. The summed E-state index contributed by atoms with van der Waals surface area (Å²) >= 11 is 3.47. The van der Waals surface area contributed by atoms with E-state index < -0.39 is 5.92 Å². The van der Waals surface area contributed by atoms with E-state index in [-0.39, 0.29) is 11.6 Å². The summed E-state index contributed by atoms with van der Waals surface area (Å²) < 4.78 is 14.7. The number of thioether (sulfide) groups is 1. The fraction of sp³-hybridized carbons (Fsp3) is 0.333. The van der Waals surface area contributed by atoms with E-state index in [9.17, 15) is 14.4 Å². The SMILES string of the molecule is CCSc1sc(CC)cc1C1C(C#N)=C(N)N(c2ccc(F)cc2)C2=C1C(=O)CCC2. The lowest BCUT2D eigenvalue weighted by molar-refractivity contribution is -0.116. The van der Waals surface area contributed by atoms with Crippen molar-refractivity contribution < 1.29 is 9.18 Å².